The van der Waals surface area contributed by atoms with Crippen LogP contribution in [0.1, 0.15) is 26.7 Å². The maximum absolute atomic E-state index is 9.95. The number of hydrogen-bond donors (Lipinski definition) is 2. The summed E-state index contributed by atoms with van der Waals surface area (Å²) in [5, 5.41) is 13.2. The van der Waals surface area contributed by atoms with Gasteiger partial charge in [0.2, 0.25) is 0 Å². The molecule has 1 saturated heterocycles. The van der Waals surface area contributed by atoms with Crippen molar-refractivity contribution in [2.45, 2.75) is 38.8 Å². The number of aliphatic hydroxyl groups excluding tert-OH is 1. The highest BCUT2D eigenvalue weighted by Gasteiger charge is 2.26. The summed E-state index contributed by atoms with van der Waals surface area (Å²) in [7, 11) is 0. The van der Waals surface area contributed by atoms with Crippen molar-refractivity contribution < 1.29 is 5.11 Å². The molecule has 0 spiro atoms. The minimum Gasteiger partial charge on any atom is -0.390 e. The molecular weight excluding hydrogens is 226 g/mol. The average Bonchev–Trinajstić information content (AvgIpc) is 3.13. The van der Waals surface area contributed by atoms with Crippen LogP contribution in [0, 0.1) is 5.92 Å². The fourth-order valence-electron chi connectivity index (χ4n) is 2.55. The van der Waals surface area contributed by atoms with E-state index in [4.69, 9.17) is 0 Å². The van der Waals surface area contributed by atoms with Crippen molar-refractivity contribution in [3.63, 3.8) is 0 Å². The monoisotopic (exact) mass is 255 g/mol. The molecule has 2 N–H and O–H groups in total. The summed E-state index contributed by atoms with van der Waals surface area (Å²) in [5.74, 6) is 0.998. The van der Waals surface area contributed by atoms with Gasteiger partial charge in [0, 0.05) is 51.9 Å². The van der Waals surface area contributed by atoms with Crippen molar-refractivity contribution in [2.75, 3.05) is 45.8 Å². The molecule has 0 aromatic heterocycles. The van der Waals surface area contributed by atoms with E-state index in [0.717, 1.165) is 25.6 Å². The molecule has 1 heterocycles. The van der Waals surface area contributed by atoms with Crippen LogP contribution in [0.15, 0.2) is 0 Å². The van der Waals surface area contributed by atoms with Gasteiger partial charge in [0.1, 0.15) is 0 Å². The van der Waals surface area contributed by atoms with E-state index < -0.39 is 0 Å². The molecule has 0 bridgehead atoms. The van der Waals surface area contributed by atoms with E-state index in [0.29, 0.717) is 12.6 Å². The highest BCUT2D eigenvalue weighted by atomic mass is 16.3. The first kappa shape index (κ1) is 14.3. The molecule has 1 saturated carbocycles. The topological polar surface area (TPSA) is 38.7 Å². The third-order valence-corrected chi connectivity index (χ3v) is 3.91. The van der Waals surface area contributed by atoms with Crippen molar-refractivity contribution in [2.24, 2.45) is 5.92 Å². The lowest BCUT2D eigenvalue weighted by Gasteiger charge is -2.35. The molecule has 106 valence electrons. The normalized spacial score (nSPS) is 24.7. The molecule has 2 aliphatic rings. The summed E-state index contributed by atoms with van der Waals surface area (Å²) in [6.07, 6.45) is 2.65. The Balaban J connectivity index is 1.57. The fourth-order valence-corrected chi connectivity index (χ4v) is 2.55. The van der Waals surface area contributed by atoms with Crippen LogP contribution in [-0.4, -0.2) is 72.9 Å². The zero-order chi connectivity index (χ0) is 13.0. The van der Waals surface area contributed by atoms with Crippen LogP contribution in [0.4, 0.5) is 0 Å². The van der Waals surface area contributed by atoms with E-state index in [1.54, 1.807) is 0 Å². The Hall–Kier alpha value is -0.160. The van der Waals surface area contributed by atoms with E-state index in [1.807, 2.05) is 0 Å². The van der Waals surface area contributed by atoms with Crippen molar-refractivity contribution in [3.05, 3.63) is 0 Å². The third kappa shape index (κ3) is 5.22. The molecule has 0 aromatic rings. The standard InChI is InChI=1S/C14H29N3O/c1-12(2)15-9-14(18)11-17-7-5-16(6-8-17)10-13-3-4-13/h12-15,18H,3-11H2,1-2H3. The van der Waals surface area contributed by atoms with Crippen LogP contribution < -0.4 is 5.32 Å². The van der Waals surface area contributed by atoms with E-state index in [1.165, 1.54) is 32.5 Å². The van der Waals surface area contributed by atoms with Crippen molar-refractivity contribution in [3.8, 4) is 0 Å². The van der Waals surface area contributed by atoms with Gasteiger partial charge in [-0.05, 0) is 18.8 Å². The number of rotatable bonds is 7. The number of hydrogen-bond acceptors (Lipinski definition) is 4. The molecule has 1 atom stereocenters. The van der Waals surface area contributed by atoms with Gasteiger partial charge in [0.25, 0.3) is 0 Å². The molecule has 18 heavy (non-hydrogen) atoms. The fraction of sp³-hybridized carbons (Fsp3) is 1.00. The van der Waals surface area contributed by atoms with Crippen molar-refractivity contribution in [1.82, 2.24) is 15.1 Å². The molecule has 2 fully saturated rings. The van der Waals surface area contributed by atoms with Gasteiger partial charge in [-0.2, -0.15) is 0 Å². The number of nitrogens with one attached hydrogen (secondary N) is 1. The van der Waals surface area contributed by atoms with Crippen LogP contribution in [0.3, 0.4) is 0 Å². The SMILES string of the molecule is CC(C)NCC(O)CN1CCN(CC2CC2)CC1. The molecule has 0 amide bonds. The summed E-state index contributed by atoms with van der Waals surface area (Å²) in [4.78, 5) is 4.99. The first-order chi connectivity index (χ1) is 8.63. The van der Waals surface area contributed by atoms with Crippen LogP contribution in [-0.2, 0) is 0 Å². The number of β-amino-alcohol motifs (C(OH)–C–C–N with tert-alkyl or cyclic N) is 1. The van der Waals surface area contributed by atoms with Gasteiger partial charge in [-0.3, -0.25) is 4.90 Å². The van der Waals surface area contributed by atoms with Gasteiger partial charge in [-0.25, -0.2) is 0 Å². The minimum atomic E-state index is -0.234. The Kier molecular flexibility index (Phi) is 5.42. The molecule has 1 aliphatic carbocycles. The Morgan fingerprint density at radius 3 is 2.28 bits per heavy atom. The number of aliphatic hydroxyl groups is 1. The van der Waals surface area contributed by atoms with Crippen molar-refractivity contribution >= 4 is 0 Å². The van der Waals surface area contributed by atoms with Crippen LogP contribution in [0.2, 0.25) is 0 Å². The largest absolute Gasteiger partial charge is 0.390 e. The second kappa shape index (κ2) is 6.85. The third-order valence-electron chi connectivity index (χ3n) is 3.91. The molecule has 1 unspecified atom stereocenters. The zero-order valence-corrected chi connectivity index (χ0v) is 11.9. The predicted octanol–water partition coefficient (Wildman–Crippen LogP) is 0.373. The van der Waals surface area contributed by atoms with Gasteiger partial charge < -0.3 is 15.3 Å². The maximum Gasteiger partial charge on any atom is 0.0791 e. The van der Waals surface area contributed by atoms with Crippen molar-refractivity contribution in [1.29, 1.82) is 0 Å². The van der Waals surface area contributed by atoms with Crippen LogP contribution in [0.5, 0.6) is 0 Å². The van der Waals surface area contributed by atoms with E-state index in [2.05, 4.69) is 29.0 Å². The van der Waals surface area contributed by atoms with Gasteiger partial charge in [0.15, 0.2) is 0 Å². The Morgan fingerprint density at radius 1 is 1.11 bits per heavy atom. The molecule has 4 heteroatoms. The summed E-state index contributed by atoms with van der Waals surface area (Å²) in [6.45, 7) is 11.7. The lowest BCUT2D eigenvalue weighted by molar-refractivity contribution is 0.0702. The Labute approximate surface area is 111 Å². The predicted molar refractivity (Wildman–Crippen MR) is 74.7 cm³/mol. The van der Waals surface area contributed by atoms with Gasteiger partial charge >= 0.3 is 0 Å². The number of piperazine rings is 1. The molecule has 4 nitrogen and oxygen atoms in total. The quantitative estimate of drug-likeness (QED) is 0.689. The summed E-state index contributed by atoms with van der Waals surface area (Å²) in [6, 6.07) is 0.454. The van der Waals surface area contributed by atoms with Crippen LogP contribution >= 0.6 is 0 Å². The highest BCUT2D eigenvalue weighted by Crippen LogP contribution is 2.29. The summed E-state index contributed by atoms with van der Waals surface area (Å²) >= 11 is 0. The molecule has 0 radical (unpaired) electrons. The van der Waals surface area contributed by atoms with Gasteiger partial charge in [0.05, 0.1) is 6.10 Å². The van der Waals surface area contributed by atoms with E-state index >= 15 is 0 Å². The smallest absolute Gasteiger partial charge is 0.0791 e. The Bertz CT molecular complexity index is 235. The molecule has 0 aromatic carbocycles. The summed E-state index contributed by atoms with van der Waals surface area (Å²) in [5.41, 5.74) is 0. The molecule has 1 aliphatic heterocycles. The maximum atomic E-state index is 9.95. The molecular formula is C14H29N3O. The first-order valence-corrected chi connectivity index (χ1v) is 7.49. The van der Waals surface area contributed by atoms with Gasteiger partial charge in [-0.15, -0.1) is 0 Å². The highest BCUT2D eigenvalue weighted by molar-refractivity contribution is 4.81. The lowest BCUT2D eigenvalue weighted by Crippen LogP contribution is -2.50. The minimum absolute atomic E-state index is 0.234. The molecule has 2 rings (SSSR count). The second-order valence-electron chi connectivity index (χ2n) is 6.26. The summed E-state index contributed by atoms with van der Waals surface area (Å²) < 4.78 is 0. The van der Waals surface area contributed by atoms with Crippen LogP contribution in [0.25, 0.3) is 0 Å². The first-order valence-electron chi connectivity index (χ1n) is 7.49. The van der Waals surface area contributed by atoms with E-state index in [-0.39, 0.29) is 6.10 Å². The second-order valence-corrected chi connectivity index (χ2v) is 6.26. The zero-order valence-electron chi connectivity index (χ0n) is 11.9. The Morgan fingerprint density at radius 2 is 1.72 bits per heavy atom. The van der Waals surface area contributed by atoms with Gasteiger partial charge in [-0.1, -0.05) is 13.8 Å². The average molecular weight is 255 g/mol. The van der Waals surface area contributed by atoms with E-state index in [9.17, 15) is 5.11 Å². The lowest BCUT2D eigenvalue weighted by atomic mass is 10.2. The number of nitrogens with zero attached hydrogens (tertiary/aromatic N) is 2.